The number of ether oxygens (including phenoxy) is 1. The van der Waals surface area contributed by atoms with Crippen LogP contribution in [0.15, 0.2) is 94.6 Å². The first-order valence-corrected chi connectivity index (χ1v) is 15.0. The molecule has 2 aromatic carbocycles. The summed E-state index contributed by atoms with van der Waals surface area (Å²) in [6.45, 7) is 7.44. The van der Waals surface area contributed by atoms with Crippen LogP contribution in [0.5, 0.6) is 5.75 Å². The number of thiazole rings is 1. The summed E-state index contributed by atoms with van der Waals surface area (Å²) in [7, 11) is -2.31. The first kappa shape index (κ1) is 29.0. The van der Waals surface area contributed by atoms with E-state index in [1.54, 1.807) is 12.1 Å². The lowest BCUT2D eigenvalue weighted by Crippen LogP contribution is -2.36. The Hall–Kier alpha value is -3.99. The van der Waals surface area contributed by atoms with E-state index >= 15 is 0 Å². The van der Waals surface area contributed by atoms with Crippen molar-refractivity contribution in [2.45, 2.75) is 38.8 Å². The smallest absolute Gasteiger partial charge is 0.269 e. The quantitative estimate of drug-likeness (QED) is 0.267. The van der Waals surface area contributed by atoms with Crippen LogP contribution >= 0.6 is 11.3 Å². The van der Waals surface area contributed by atoms with E-state index in [0.717, 1.165) is 33.9 Å². The van der Waals surface area contributed by atoms with Crippen LogP contribution in [0.1, 0.15) is 25.1 Å². The zero-order valence-electron chi connectivity index (χ0n) is 22.8. The fourth-order valence-electron chi connectivity index (χ4n) is 4.11. The minimum absolute atomic E-state index is 0.0257. The van der Waals surface area contributed by atoms with Crippen molar-refractivity contribution in [1.29, 1.82) is 0 Å². The second-order valence-corrected chi connectivity index (χ2v) is 11.4. The number of fused-ring (bicyclic) bond motifs is 1. The molecule has 0 atom stereocenters. The highest BCUT2D eigenvalue weighted by atomic mass is 32.2. The van der Waals surface area contributed by atoms with Gasteiger partial charge in [-0.3, -0.25) is 9.36 Å². The second kappa shape index (κ2) is 12.5. The van der Waals surface area contributed by atoms with Gasteiger partial charge in [0.2, 0.25) is 5.69 Å². The predicted octanol–water partition coefficient (Wildman–Crippen LogP) is 3.12. The highest BCUT2D eigenvalue weighted by molar-refractivity contribution is 7.85. The van der Waals surface area contributed by atoms with Crippen LogP contribution in [0.2, 0.25) is 0 Å². The fourth-order valence-corrected chi connectivity index (χ4v) is 5.64. The molecule has 208 valence electrons. The van der Waals surface area contributed by atoms with Crippen molar-refractivity contribution >= 4 is 39.3 Å². The SMILES string of the molecule is CCn1c(=O)/c(=C/C=C2\Oc3ccccc3N2C)s/c1=C\c1cccc[n+]1CC.Cc1ccc(S(=O)(=O)[O-])cc1. The molecule has 3 heterocycles. The molecule has 2 aromatic heterocycles. The third-order valence-corrected chi connectivity index (χ3v) is 8.23. The second-order valence-electron chi connectivity index (χ2n) is 8.98. The summed E-state index contributed by atoms with van der Waals surface area (Å²) in [6, 6.07) is 19.8. The summed E-state index contributed by atoms with van der Waals surface area (Å²) in [5, 5.41) is 0. The molecule has 0 unspecified atom stereocenters. The van der Waals surface area contributed by atoms with Gasteiger partial charge in [0.25, 0.3) is 5.56 Å². The van der Waals surface area contributed by atoms with Gasteiger partial charge < -0.3 is 14.2 Å². The van der Waals surface area contributed by atoms with E-state index in [0.29, 0.717) is 17.0 Å². The number of allylic oxidation sites excluding steroid dienone is 1. The maximum absolute atomic E-state index is 12.9. The van der Waals surface area contributed by atoms with Crippen LogP contribution < -0.4 is 29.0 Å². The number of pyridine rings is 1. The number of anilines is 1. The first-order valence-electron chi connectivity index (χ1n) is 12.8. The molecular weight excluding hydrogens is 546 g/mol. The van der Waals surface area contributed by atoms with Crippen LogP contribution in [-0.2, 0) is 23.2 Å². The Labute approximate surface area is 237 Å². The standard InChI is InChI=1S/C23H24N3O2S.C7H8O3S/c1-4-25-15-9-8-10-17(25)16-22-26(5-2)23(27)20(29-22)13-14-21-24(3)18-11-6-7-12-19(18)28-21;1-6-2-4-7(5-3-6)11(8,9)10/h6-16H,4-5H2,1-3H3;2-5H,1H3,(H,8,9,10)/q+1;/p-1/b20-13-,21-14-;. The van der Waals surface area contributed by atoms with Gasteiger partial charge in [0.05, 0.1) is 15.1 Å². The molecule has 0 N–H and O–H groups in total. The molecule has 40 heavy (non-hydrogen) atoms. The van der Waals surface area contributed by atoms with Gasteiger partial charge in [-0.15, -0.1) is 11.3 Å². The lowest BCUT2D eigenvalue weighted by atomic mass is 10.2. The normalized spacial score (nSPS) is 14.6. The number of hydrogen-bond donors (Lipinski definition) is 0. The van der Waals surface area contributed by atoms with Crippen LogP contribution in [0, 0.1) is 6.92 Å². The maximum Gasteiger partial charge on any atom is 0.269 e. The summed E-state index contributed by atoms with van der Waals surface area (Å²) in [5.74, 6) is 1.54. The van der Waals surface area contributed by atoms with Gasteiger partial charge in [0.1, 0.15) is 21.3 Å². The summed E-state index contributed by atoms with van der Waals surface area (Å²) in [5.41, 5.74) is 3.05. The number of hydrogen-bond acceptors (Lipinski definition) is 7. The van der Waals surface area contributed by atoms with E-state index in [2.05, 4.69) is 29.8 Å². The van der Waals surface area contributed by atoms with Crippen LogP contribution in [0.4, 0.5) is 5.69 Å². The fraction of sp³-hybridized carbons (Fsp3) is 0.200. The van der Waals surface area contributed by atoms with Crippen LogP contribution in [0.25, 0.3) is 12.2 Å². The number of para-hydroxylation sites is 2. The average Bonchev–Trinajstić information content (AvgIpc) is 3.42. The van der Waals surface area contributed by atoms with Crippen molar-refractivity contribution in [2.24, 2.45) is 0 Å². The minimum Gasteiger partial charge on any atom is -0.744 e. The Kier molecular flexibility index (Phi) is 9.03. The molecular formula is C30H31N3O5S2. The van der Waals surface area contributed by atoms with Crippen LogP contribution in [-0.4, -0.2) is 24.6 Å². The number of aromatic nitrogens is 2. The summed E-state index contributed by atoms with van der Waals surface area (Å²) in [6.07, 6.45) is 7.85. The highest BCUT2D eigenvalue weighted by Crippen LogP contribution is 2.37. The molecule has 0 saturated carbocycles. The van der Waals surface area contributed by atoms with Crippen LogP contribution in [0.3, 0.4) is 0 Å². The van der Waals surface area contributed by atoms with E-state index in [4.69, 9.17) is 4.74 Å². The van der Waals surface area contributed by atoms with E-state index in [1.165, 1.54) is 23.5 Å². The highest BCUT2D eigenvalue weighted by Gasteiger charge is 2.21. The van der Waals surface area contributed by atoms with Crippen molar-refractivity contribution in [3.8, 4) is 5.75 Å². The molecule has 5 rings (SSSR count). The average molecular weight is 578 g/mol. The molecule has 0 bridgehead atoms. The molecule has 0 spiro atoms. The number of rotatable bonds is 5. The summed E-state index contributed by atoms with van der Waals surface area (Å²) >= 11 is 1.50. The van der Waals surface area contributed by atoms with Gasteiger partial charge >= 0.3 is 0 Å². The van der Waals surface area contributed by atoms with Gasteiger partial charge in [-0.05, 0) is 57.2 Å². The van der Waals surface area contributed by atoms with E-state index in [9.17, 15) is 17.8 Å². The van der Waals surface area contributed by atoms with E-state index in [1.807, 2.05) is 78.9 Å². The lowest BCUT2D eigenvalue weighted by Gasteiger charge is -2.09. The zero-order valence-corrected chi connectivity index (χ0v) is 24.4. The number of benzene rings is 2. The topological polar surface area (TPSA) is 95.6 Å². The molecule has 0 aliphatic carbocycles. The summed E-state index contributed by atoms with van der Waals surface area (Å²) < 4.78 is 42.7. The Balaban J connectivity index is 0.000000283. The largest absolute Gasteiger partial charge is 0.744 e. The van der Waals surface area contributed by atoms with Gasteiger partial charge in [-0.2, -0.15) is 4.57 Å². The predicted molar refractivity (Wildman–Crippen MR) is 157 cm³/mol. The monoisotopic (exact) mass is 577 g/mol. The minimum atomic E-state index is -4.27. The van der Waals surface area contributed by atoms with Crippen molar-refractivity contribution in [3.63, 3.8) is 0 Å². The molecule has 10 heteroatoms. The van der Waals surface area contributed by atoms with Crippen molar-refractivity contribution < 1.29 is 22.3 Å². The maximum atomic E-state index is 12.9. The number of aryl methyl sites for hydroxylation is 2. The third-order valence-electron chi connectivity index (χ3n) is 6.30. The number of nitrogens with zero attached hydrogens (tertiary/aromatic N) is 3. The molecule has 8 nitrogen and oxygen atoms in total. The molecule has 1 aliphatic heterocycles. The summed E-state index contributed by atoms with van der Waals surface area (Å²) in [4.78, 5) is 14.7. The van der Waals surface area contributed by atoms with Gasteiger partial charge in [0.15, 0.2) is 17.8 Å². The van der Waals surface area contributed by atoms with Gasteiger partial charge in [-0.1, -0.05) is 29.8 Å². The third kappa shape index (κ3) is 6.59. The van der Waals surface area contributed by atoms with Gasteiger partial charge in [0, 0.05) is 37.9 Å². The molecule has 0 radical (unpaired) electrons. The lowest BCUT2D eigenvalue weighted by molar-refractivity contribution is -0.695. The van der Waals surface area contributed by atoms with Gasteiger partial charge in [-0.25, -0.2) is 8.42 Å². The molecule has 4 aromatic rings. The van der Waals surface area contributed by atoms with Crippen molar-refractivity contribution in [3.05, 3.63) is 116 Å². The first-order chi connectivity index (χ1) is 19.1. The van der Waals surface area contributed by atoms with E-state index in [-0.39, 0.29) is 10.5 Å². The Morgan fingerprint density at radius 1 is 1.00 bits per heavy atom. The van der Waals surface area contributed by atoms with Crippen molar-refractivity contribution in [2.75, 3.05) is 11.9 Å². The Morgan fingerprint density at radius 3 is 2.35 bits per heavy atom. The zero-order chi connectivity index (χ0) is 28.9. The van der Waals surface area contributed by atoms with E-state index < -0.39 is 10.1 Å². The molecule has 1 aliphatic rings. The Bertz CT molecular complexity index is 1820. The van der Waals surface area contributed by atoms with Crippen molar-refractivity contribution in [1.82, 2.24) is 4.57 Å². The molecule has 0 amide bonds. The molecule has 0 fully saturated rings. The Morgan fingerprint density at radius 2 is 1.70 bits per heavy atom. The molecule has 0 saturated heterocycles.